The standard InChI is InChI=1S/C20H23N/c1-15(2)19-12-8-7-9-17(19)14-13-16(3)20(21)18-10-5-4-6-11-18/h4-13,15,21H,14H2,1-3H3/b16-13-,21-20?. The third-order valence-electron chi connectivity index (χ3n) is 3.76. The third-order valence-corrected chi connectivity index (χ3v) is 3.76. The van der Waals surface area contributed by atoms with Crippen molar-refractivity contribution in [3.63, 3.8) is 0 Å². The predicted molar refractivity (Wildman–Crippen MR) is 91.3 cm³/mol. The summed E-state index contributed by atoms with van der Waals surface area (Å²) in [6.45, 7) is 6.47. The molecule has 1 heteroatoms. The molecule has 0 radical (unpaired) electrons. The molecule has 2 rings (SSSR count). The molecule has 0 unspecified atom stereocenters. The van der Waals surface area contributed by atoms with E-state index in [4.69, 9.17) is 5.41 Å². The fraction of sp³-hybridized carbons (Fsp3) is 0.250. The van der Waals surface area contributed by atoms with Crippen LogP contribution >= 0.6 is 0 Å². The Labute approximate surface area is 127 Å². The van der Waals surface area contributed by atoms with Gasteiger partial charge in [-0.2, -0.15) is 0 Å². The van der Waals surface area contributed by atoms with Gasteiger partial charge >= 0.3 is 0 Å². The first kappa shape index (κ1) is 15.2. The number of allylic oxidation sites excluding steroid dienone is 2. The van der Waals surface area contributed by atoms with Crippen LogP contribution in [0.5, 0.6) is 0 Å². The maximum absolute atomic E-state index is 8.27. The Morgan fingerprint density at radius 2 is 1.62 bits per heavy atom. The molecule has 2 aromatic rings. The summed E-state index contributed by atoms with van der Waals surface area (Å²) in [5, 5.41) is 8.27. The first-order valence-electron chi connectivity index (χ1n) is 7.48. The largest absolute Gasteiger partial charge is 0.300 e. The van der Waals surface area contributed by atoms with E-state index in [1.165, 1.54) is 11.1 Å². The molecule has 0 aromatic heterocycles. The summed E-state index contributed by atoms with van der Waals surface area (Å²) in [5.74, 6) is 0.531. The van der Waals surface area contributed by atoms with Crippen LogP contribution in [0.3, 0.4) is 0 Å². The van der Waals surface area contributed by atoms with Crippen molar-refractivity contribution in [3.8, 4) is 0 Å². The molecule has 0 saturated heterocycles. The molecule has 1 nitrogen and oxygen atoms in total. The second-order valence-electron chi connectivity index (χ2n) is 5.69. The minimum Gasteiger partial charge on any atom is -0.300 e. The molecule has 0 fully saturated rings. The molecule has 0 heterocycles. The lowest BCUT2D eigenvalue weighted by Gasteiger charge is -2.11. The highest BCUT2D eigenvalue weighted by Crippen LogP contribution is 2.20. The van der Waals surface area contributed by atoms with Crippen molar-refractivity contribution in [2.45, 2.75) is 33.1 Å². The minimum absolute atomic E-state index is 0.531. The van der Waals surface area contributed by atoms with Crippen molar-refractivity contribution in [1.29, 1.82) is 5.41 Å². The van der Waals surface area contributed by atoms with Gasteiger partial charge in [0.2, 0.25) is 0 Å². The Balaban J connectivity index is 2.16. The van der Waals surface area contributed by atoms with Gasteiger partial charge in [0.15, 0.2) is 0 Å². The molecule has 0 aliphatic carbocycles. The Morgan fingerprint density at radius 3 is 2.29 bits per heavy atom. The minimum atomic E-state index is 0.531. The van der Waals surface area contributed by atoms with Gasteiger partial charge in [0.1, 0.15) is 0 Å². The number of benzene rings is 2. The quantitative estimate of drug-likeness (QED) is 0.711. The maximum Gasteiger partial charge on any atom is 0.0638 e. The van der Waals surface area contributed by atoms with Gasteiger partial charge < -0.3 is 5.41 Å². The monoisotopic (exact) mass is 277 g/mol. The zero-order valence-corrected chi connectivity index (χ0v) is 13.1. The smallest absolute Gasteiger partial charge is 0.0638 e. The Bertz CT molecular complexity index is 636. The summed E-state index contributed by atoms with van der Waals surface area (Å²) < 4.78 is 0. The molecule has 0 saturated carbocycles. The zero-order chi connectivity index (χ0) is 15.2. The van der Waals surface area contributed by atoms with Crippen LogP contribution in [-0.2, 0) is 6.42 Å². The van der Waals surface area contributed by atoms with E-state index in [1.54, 1.807) is 0 Å². The lowest BCUT2D eigenvalue weighted by Crippen LogP contribution is -2.01. The van der Waals surface area contributed by atoms with E-state index in [-0.39, 0.29) is 0 Å². The van der Waals surface area contributed by atoms with E-state index in [2.05, 4.69) is 44.2 Å². The van der Waals surface area contributed by atoms with Gasteiger partial charge in [-0.15, -0.1) is 0 Å². The Kier molecular flexibility index (Phi) is 5.10. The van der Waals surface area contributed by atoms with Gasteiger partial charge in [-0.3, -0.25) is 0 Å². The summed E-state index contributed by atoms with van der Waals surface area (Å²) >= 11 is 0. The van der Waals surface area contributed by atoms with E-state index in [0.717, 1.165) is 17.6 Å². The van der Waals surface area contributed by atoms with Gasteiger partial charge in [0, 0.05) is 0 Å². The van der Waals surface area contributed by atoms with Crippen molar-refractivity contribution in [1.82, 2.24) is 0 Å². The Morgan fingerprint density at radius 1 is 1.00 bits per heavy atom. The highest BCUT2D eigenvalue weighted by Gasteiger charge is 2.06. The summed E-state index contributed by atoms with van der Waals surface area (Å²) in [6.07, 6.45) is 3.05. The van der Waals surface area contributed by atoms with Gasteiger partial charge in [-0.05, 0) is 41.5 Å². The van der Waals surface area contributed by atoms with Gasteiger partial charge in [0.25, 0.3) is 0 Å². The van der Waals surface area contributed by atoms with Crippen LogP contribution in [0, 0.1) is 5.41 Å². The molecule has 21 heavy (non-hydrogen) atoms. The summed E-state index contributed by atoms with van der Waals surface area (Å²) in [5.41, 5.74) is 5.36. The molecular formula is C20H23N. The van der Waals surface area contributed by atoms with Crippen molar-refractivity contribution >= 4 is 5.71 Å². The van der Waals surface area contributed by atoms with Gasteiger partial charge in [-0.1, -0.05) is 74.5 Å². The lowest BCUT2D eigenvalue weighted by molar-refractivity contribution is 0.850. The number of hydrogen-bond acceptors (Lipinski definition) is 1. The first-order chi connectivity index (χ1) is 10.1. The summed E-state index contributed by atoms with van der Waals surface area (Å²) in [7, 11) is 0. The topological polar surface area (TPSA) is 23.9 Å². The second-order valence-corrected chi connectivity index (χ2v) is 5.69. The van der Waals surface area contributed by atoms with Crippen LogP contribution < -0.4 is 0 Å². The SMILES string of the molecule is C/C(=C/Cc1ccccc1C(C)C)C(=N)c1ccccc1. The van der Waals surface area contributed by atoms with E-state index >= 15 is 0 Å². The zero-order valence-electron chi connectivity index (χ0n) is 13.1. The van der Waals surface area contributed by atoms with Crippen molar-refractivity contribution in [2.24, 2.45) is 0 Å². The first-order valence-corrected chi connectivity index (χ1v) is 7.48. The molecule has 0 aliphatic rings. The summed E-state index contributed by atoms with van der Waals surface area (Å²) in [6, 6.07) is 18.5. The molecule has 0 aliphatic heterocycles. The van der Waals surface area contributed by atoms with Crippen LogP contribution in [0.2, 0.25) is 0 Å². The van der Waals surface area contributed by atoms with E-state index < -0.39 is 0 Å². The molecule has 108 valence electrons. The van der Waals surface area contributed by atoms with Crippen LogP contribution in [0.1, 0.15) is 43.4 Å². The van der Waals surface area contributed by atoms with E-state index in [9.17, 15) is 0 Å². The molecule has 2 aromatic carbocycles. The molecule has 0 atom stereocenters. The average molecular weight is 277 g/mol. The normalized spacial score (nSPS) is 11.7. The van der Waals surface area contributed by atoms with Crippen molar-refractivity contribution < 1.29 is 0 Å². The second kappa shape index (κ2) is 7.03. The van der Waals surface area contributed by atoms with Crippen LogP contribution in [0.15, 0.2) is 66.2 Å². The Hall–Kier alpha value is -2.15. The maximum atomic E-state index is 8.27. The van der Waals surface area contributed by atoms with E-state index in [1.807, 2.05) is 37.3 Å². The fourth-order valence-corrected chi connectivity index (χ4v) is 2.48. The van der Waals surface area contributed by atoms with Gasteiger partial charge in [0.05, 0.1) is 5.71 Å². The van der Waals surface area contributed by atoms with Crippen LogP contribution in [0.4, 0.5) is 0 Å². The van der Waals surface area contributed by atoms with E-state index in [0.29, 0.717) is 11.6 Å². The van der Waals surface area contributed by atoms with Crippen LogP contribution in [-0.4, -0.2) is 5.71 Å². The average Bonchev–Trinajstić information content (AvgIpc) is 2.52. The highest BCUT2D eigenvalue weighted by atomic mass is 14.4. The summed E-state index contributed by atoms with van der Waals surface area (Å²) in [4.78, 5) is 0. The number of hydrogen-bond donors (Lipinski definition) is 1. The lowest BCUT2D eigenvalue weighted by atomic mass is 9.94. The molecule has 0 spiro atoms. The highest BCUT2D eigenvalue weighted by molar-refractivity contribution is 6.10. The third kappa shape index (κ3) is 3.91. The molecule has 0 bridgehead atoms. The van der Waals surface area contributed by atoms with Gasteiger partial charge in [-0.25, -0.2) is 0 Å². The number of nitrogens with one attached hydrogen (secondary N) is 1. The molecular weight excluding hydrogens is 254 g/mol. The van der Waals surface area contributed by atoms with Crippen LogP contribution in [0.25, 0.3) is 0 Å². The van der Waals surface area contributed by atoms with Crippen molar-refractivity contribution in [2.75, 3.05) is 0 Å². The number of rotatable bonds is 5. The fourth-order valence-electron chi connectivity index (χ4n) is 2.48. The molecule has 0 amide bonds. The predicted octanol–water partition coefficient (Wildman–Crippen LogP) is 5.37. The molecule has 1 N–H and O–H groups in total. The van der Waals surface area contributed by atoms with Crippen molar-refractivity contribution in [3.05, 3.63) is 82.9 Å².